The van der Waals surface area contributed by atoms with E-state index in [0.29, 0.717) is 11.3 Å². The second-order valence-corrected chi connectivity index (χ2v) is 6.90. The summed E-state index contributed by atoms with van der Waals surface area (Å²) < 4.78 is 19.1. The maximum Gasteiger partial charge on any atom is 0.177 e. The predicted molar refractivity (Wildman–Crippen MR) is 73.2 cm³/mol. The summed E-state index contributed by atoms with van der Waals surface area (Å²) in [6, 6.07) is 6.85. The topological polar surface area (TPSA) is 55.4 Å². The van der Waals surface area contributed by atoms with E-state index in [2.05, 4.69) is 4.72 Å². The Hall–Kier alpha value is -1.20. The van der Waals surface area contributed by atoms with E-state index >= 15 is 0 Å². The molecular weight excluding hydrogens is 250 g/mol. The summed E-state index contributed by atoms with van der Waals surface area (Å²) in [5, 5.41) is 0. The fraction of sp³-hybridized carbons (Fsp3) is 0.462. The van der Waals surface area contributed by atoms with Crippen molar-refractivity contribution >= 4 is 16.8 Å². The lowest BCUT2D eigenvalue weighted by Crippen LogP contribution is -2.36. The number of Topliss-reactive ketones (excluding diaryl/α,β-unsaturated/α-hetero) is 1. The van der Waals surface area contributed by atoms with Crippen LogP contribution in [0.4, 0.5) is 0 Å². The lowest BCUT2D eigenvalue weighted by atomic mass is 10.1. The van der Waals surface area contributed by atoms with Crippen molar-refractivity contribution in [3.8, 4) is 5.75 Å². The maximum atomic E-state index is 11.8. The summed E-state index contributed by atoms with van der Waals surface area (Å²) in [7, 11) is 0.341. The van der Waals surface area contributed by atoms with Gasteiger partial charge >= 0.3 is 0 Å². The van der Waals surface area contributed by atoms with E-state index in [-0.39, 0.29) is 17.1 Å². The van der Waals surface area contributed by atoms with Crippen molar-refractivity contribution in [3.63, 3.8) is 0 Å². The number of carbonyl (C=O) groups excluding carboxylic acids is 1. The molecule has 4 nitrogen and oxygen atoms in total. The van der Waals surface area contributed by atoms with Gasteiger partial charge < -0.3 is 4.74 Å². The third kappa shape index (κ3) is 4.23. The molecule has 0 saturated carbocycles. The quantitative estimate of drug-likeness (QED) is 0.831. The number of methoxy groups -OCH3 is 1. The van der Waals surface area contributed by atoms with E-state index in [9.17, 15) is 9.00 Å². The summed E-state index contributed by atoms with van der Waals surface area (Å²) in [4.78, 5) is 11.8. The highest BCUT2D eigenvalue weighted by atomic mass is 32.2. The second-order valence-electron chi connectivity index (χ2n) is 4.85. The van der Waals surface area contributed by atoms with Crippen molar-refractivity contribution in [2.75, 3.05) is 13.7 Å². The first-order valence-electron chi connectivity index (χ1n) is 5.67. The molecule has 1 aromatic carbocycles. The zero-order valence-electron chi connectivity index (χ0n) is 11.1. The van der Waals surface area contributed by atoms with E-state index in [4.69, 9.17) is 4.74 Å². The summed E-state index contributed by atoms with van der Waals surface area (Å²) in [6.45, 7) is 5.63. The van der Waals surface area contributed by atoms with Gasteiger partial charge in [0.1, 0.15) is 5.75 Å². The molecule has 1 atom stereocenters. The van der Waals surface area contributed by atoms with E-state index < -0.39 is 11.0 Å². The molecule has 0 heterocycles. The van der Waals surface area contributed by atoms with Crippen LogP contribution < -0.4 is 9.46 Å². The van der Waals surface area contributed by atoms with Crippen LogP contribution in [0, 0.1) is 0 Å². The fourth-order valence-corrected chi connectivity index (χ4v) is 1.92. The number of benzene rings is 1. The largest absolute Gasteiger partial charge is 0.497 e. The molecule has 18 heavy (non-hydrogen) atoms. The van der Waals surface area contributed by atoms with Crippen LogP contribution in [0.25, 0.3) is 0 Å². The lowest BCUT2D eigenvalue weighted by molar-refractivity contribution is 0.0997. The Morgan fingerprint density at radius 2 is 1.83 bits per heavy atom. The van der Waals surface area contributed by atoms with Gasteiger partial charge in [0, 0.05) is 5.56 Å². The number of carbonyl (C=O) groups is 1. The molecule has 0 spiro atoms. The Labute approximate surface area is 110 Å². The third-order valence-corrected chi connectivity index (χ3v) is 3.85. The molecule has 1 N–H and O–H groups in total. The standard InChI is InChI=1S/C13H19NO3S/c1-13(2,3)18(16)14-9-12(15)10-5-7-11(17-4)8-6-10/h5-8,14H,9H2,1-4H3/t18-/m1/s1. The van der Waals surface area contributed by atoms with Crippen molar-refractivity contribution in [1.29, 1.82) is 0 Å². The fourth-order valence-electron chi connectivity index (χ4n) is 1.23. The number of ether oxygens (including phenoxy) is 1. The van der Waals surface area contributed by atoms with Gasteiger partial charge in [-0.1, -0.05) is 0 Å². The average molecular weight is 269 g/mol. The molecule has 0 saturated heterocycles. The minimum Gasteiger partial charge on any atom is -0.497 e. The van der Waals surface area contributed by atoms with Gasteiger partial charge in [0.2, 0.25) is 0 Å². The zero-order valence-corrected chi connectivity index (χ0v) is 12.0. The molecule has 0 amide bonds. The van der Waals surface area contributed by atoms with Crippen molar-refractivity contribution in [1.82, 2.24) is 4.72 Å². The summed E-state index contributed by atoms with van der Waals surface area (Å²) in [6.07, 6.45) is 0. The van der Waals surface area contributed by atoms with Crippen LogP contribution in [0.1, 0.15) is 31.1 Å². The van der Waals surface area contributed by atoms with Crippen molar-refractivity contribution in [2.24, 2.45) is 0 Å². The highest BCUT2D eigenvalue weighted by molar-refractivity contribution is 7.84. The third-order valence-electron chi connectivity index (χ3n) is 2.33. The zero-order chi connectivity index (χ0) is 13.8. The van der Waals surface area contributed by atoms with Crippen LogP contribution in [-0.2, 0) is 11.0 Å². The Morgan fingerprint density at radius 1 is 1.28 bits per heavy atom. The molecule has 0 aliphatic heterocycles. The molecule has 1 aromatic rings. The Morgan fingerprint density at radius 3 is 2.28 bits per heavy atom. The normalized spacial score (nSPS) is 13.1. The molecule has 100 valence electrons. The molecule has 0 aliphatic carbocycles. The maximum absolute atomic E-state index is 11.8. The minimum atomic E-state index is -1.23. The van der Waals surface area contributed by atoms with Gasteiger partial charge in [-0.2, -0.15) is 0 Å². The van der Waals surface area contributed by atoms with Gasteiger partial charge in [-0.15, -0.1) is 0 Å². The molecule has 0 fully saturated rings. The lowest BCUT2D eigenvalue weighted by Gasteiger charge is -2.17. The van der Waals surface area contributed by atoms with Crippen LogP contribution in [0.2, 0.25) is 0 Å². The van der Waals surface area contributed by atoms with E-state index in [1.807, 2.05) is 20.8 Å². The van der Waals surface area contributed by atoms with Crippen molar-refractivity contribution in [2.45, 2.75) is 25.5 Å². The Bertz CT molecular complexity index is 435. The minimum absolute atomic E-state index is 0.0657. The molecule has 0 radical (unpaired) electrons. The number of ketones is 1. The van der Waals surface area contributed by atoms with Gasteiger partial charge in [0.05, 0.1) is 29.4 Å². The van der Waals surface area contributed by atoms with Crippen LogP contribution in [0.5, 0.6) is 5.75 Å². The summed E-state index contributed by atoms with van der Waals surface area (Å²) >= 11 is 0. The Kier molecular flexibility index (Phi) is 5.04. The molecule has 5 heteroatoms. The number of rotatable bonds is 5. The van der Waals surface area contributed by atoms with Gasteiger partial charge in [0.25, 0.3) is 0 Å². The van der Waals surface area contributed by atoms with Gasteiger partial charge in [-0.3, -0.25) is 4.79 Å². The first kappa shape index (κ1) is 14.9. The van der Waals surface area contributed by atoms with E-state index in [1.54, 1.807) is 31.4 Å². The molecule has 0 aromatic heterocycles. The van der Waals surface area contributed by atoms with Gasteiger partial charge in [-0.05, 0) is 45.0 Å². The SMILES string of the molecule is COc1ccc(C(=O)CN[S@](=O)C(C)(C)C)cc1. The molecule has 1 rings (SSSR count). The van der Waals surface area contributed by atoms with E-state index in [1.165, 1.54) is 0 Å². The summed E-state index contributed by atoms with van der Waals surface area (Å²) in [5.74, 6) is 0.619. The summed E-state index contributed by atoms with van der Waals surface area (Å²) in [5.41, 5.74) is 0.578. The highest BCUT2D eigenvalue weighted by Crippen LogP contribution is 2.12. The van der Waals surface area contributed by atoms with Crippen LogP contribution in [0.3, 0.4) is 0 Å². The van der Waals surface area contributed by atoms with Crippen LogP contribution in [0.15, 0.2) is 24.3 Å². The molecule has 0 aliphatic rings. The highest BCUT2D eigenvalue weighted by Gasteiger charge is 2.20. The Balaban J connectivity index is 2.58. The van der Waals surface area contributed by atoms with Crippen LogP contribution in [-0.4, -0.2) is 28.4 Å². The molecule has 0 bridgehead atoms. The monoisotopic (exact) mass is 269 g/mol. The van der Waals surface area contributed by atoms with Crippen molar-refractivity contribution < 1.29 is 13.7 Å². The first-order chi connectivity index (χ1) is 8.34. The van der Waals surface area contributed by atoms with Crippen molar-refractivity contribution in [3.05, 3.63) is 29.8 Å². The predicted octanol–water partition coefficient (Wildman–Crippen LogP) is 1.93. The number of nitrogens with one attached hydrogen (secondary N) is 1. The van der Waals surface area contributed by atoms with Crippen LogP contribution >= 0.6 is 0 Å². The van der Waals surface area contributed by atoms with Gasteiger partial charge in [-0.25, -0.2) is 8.93 Å². The van der Waals surface area contributed by atoms with E-state index in [0.717, 1.165) is 0 Å². The van der Waals surface area contributed by atoms with Gasteiger partial charge in [0.15, 0.2) is 5.78 Å². The molecular formula is C13H19NO3S. The smallest absolute Gasteiger partial charge is 0.177 e. The first-order valence-corrected chi connectivity index (χ1v) is 6.82. The molecule has 0 unspecified atom stereocenters. The number of hydrogen-bond acceptors (Lipinski definition) is 3. The average Bonchev–Trinajstić information content (AvgIpc) is 2.34. The second kappa shape index (κ2) is 6.11. The number of hydrogen-bond donors (Lipinski definition) is 1.